The monoisotopic (exact) mass is 338 g/mol. The number of hydrogen-bond acceptors (Lipinski definition) is 3. The average Bonchev–Trinajstić information content (AvgIpc) is 2.92. The first-order valence-electron chi connectivity index (χ1n) is 7.91. The van der Waals surface area contributed by atoms with Crippen LogP contribution in [0.5, 0.6) is 0 Å². The molecule has 0 aliphatic carbocycles. The van der Waals surface area contributed by atoms with Crippen LogP contribution in [0.25, 0.3) is 22.4 Å². The number of pyridine rings is 1. The Kier molecular flexibility index (Phi) is 4.61. The molecule has 128 valence electrons. The molecule has 0 unspecified atom stereocenters. The molecule has 0 N–H and O–H groups in total. The van der Waals surface area contributed by atoms with Crippen LogP contribution >= 0.6 is 0 Å². The predicted molar refractivity (Wildman–Crippen MR) is 94.3 cm³/mol. The maximum absolute atomic E-state index is 13.3. The van der Waals surface area contributed by atoms with E-state index in [0.717, 1.165) is 28.1 Å². The molecule has 3 rings (SSSR count). The zero-order chi connectivity index (χ0) is 18.0. The van der Waals surface area contributed by atoms with Crippen LogP contribution in [0.2, 0.25) is 0 Å². The highest BCUT2D eigenvalue weighted by Gasteiger charge is 2.19. The summed E-state index contributed by atoms with van der Waals surface area (Å²) in [6, 6.07) is 10.0. The van der Waals surface area contributed by atoms with Gasteiger partial charge >= 0.3 is 0 Å². The maximum atomic E-state index is 13.3. The van der Waals surface area contributed by atoms with Crippen molar-refractivity contribution in [2.75, 3.05) is 14.1 Å². The van der Waals surface area contributed by atoms with Crippen molar-refractivity contribution in [2.24, 2.45) is 0 Å². The molecular weight excluding hydrogens is 319 g/mol. The van der Waals surface area contributed by atoms with Gasteiger partial charge in [0.05, 0.1) is 0 Å². The fraction of sp³-hybridized carbons (Fsp3) is 0.211. The van der Waals surface area contributed by atoms with E-state index >= 15 is 0 Å². The molecule has 25 heavy (non-hydrogen) atoms. The lowest BCUT2D eigenvalue weighted by Crippen LogP contribution is -2.27. The smallest absolute Gasteiger partial charge is 0.243 e. The van der Waals surface area contributed by atoms with Crippen molar-refractivity contribution in [1.82, 2.24) is 19.7 Å². The van der Waals surface area contributed by atoms with Crippen molar-refractivity contribution in [2.45, 2.75) is 13.5 Å². The van der Waals surface area contributed by atoms with Crippen LogP contribution in [0.15, 0.2) is 48.8 Å². The highest BCUT2D eigenvalue weighted by atomic mass is 19.1. The highest BCUT2D eigenvalue weighted by Crippen LogP contribution is 2.34. The number of carbonyl (C=O) groups excluding carboxylic acids is 1. The largest absolute Gasteiger partial charge is 0.347 e. The third-order valence-electron chi connectivity index (χ3n) is 4.08. The van der Waals surface area contributed by atoms with Crippen LogP contribution < -0.4 is 0 Å². The number of aromatic nitrogens is 3. The fourth-order valence-corrected chi connectivity index (χ4v) is 2.64. The number of halogens is 1. The Hall–Kier alpha value is -3.02. The van der Waals surface area contributed by atoms with E-state index in [0.29, 0.717) is 0 Å². The van der Waals surface area contributed by atoms with Gasteiger partial charge in [-0.15, -0.1) is 0 Å². The van der Waals surface area contributed by atoms with Gasteiger partial charge < -0.3 is 4.90 Å². The molecule has 0 aliphatic heterocycles. The Bertz CT molecular complexity index is 886. The summed E-state index contributed by atoms with van der Waals surface area (Å²) >= 11 is 0. The Morgan fingerprint density at radius 3 is 2.32 bits per heavy atom. The maximum Gasteiger partial charge on any atom is 0.243 e. The number of likely N-dealkylation sites (N-methyl/N-ethyl adjacent to an activating group) is 1. The molecule has 0 radical (unpaired) electrons. The summed E-state index contributed by atoms with van der Waals surface area (Å²) in [6.07, 6.45) is 3.43. The zero-order valence-electron chi connectivity index (χ0n) is 14.4. The van der Waals surface area contributed by atoms with Gasteiger partial charge in [0, 0.05) is 43.3 Å². The number of hydrogen-bond donors (Lipinski definition) is 0. The Labute approximate surface area is 145 Å². The van der Waals surface area contributed by atoms with Crippen LogP contribution in [0, 0.1) is 12.7 Å². The summed E-state index contributed by atoms with van der Waals surface area (Å²) in [4.78, 5) is 17.7. The lowest BCUT2D eigenvalue weighted by atomic mass is 10.0. The number of amides is 1. The standard InChI is InChI=1S/C19H19FN4O/c1-13-18(14-8-10-21-11-9-14)19(15-4-6-16(20)7-5-15)22-24(13)12-17(25)23(2)3/h4-11H,12H2,1-3H3. The summed E-state index contributed by atoms with van der Waals surface area (Å²) in [5.74, 6) is -0.342. The van der Waals surface area contributed by atoms with Crippen molar-refractivity contribution in [3.63, 3.8) is 0 Å². The fourth-order valence-electron chi connectivity index (χ4n) is 2.64. The van der Waals surface area contributed by atoms with Gasteiger partial charge in [0.1, 0.15) is 18.1 Å². The Balaban J connectivity index is 2.15. The second-order valence-electron chi connectivity index (χ2n) is 6.00. The van der Waals surface area contributed by atoms with E-state index in [1.54, 1.807) is 43.3 Å². The number of nitrogens with zero attached hydrogens (tertiary/aromatic N) is 4. The molecule has 2 aromatic heterocycles. The lowest BCUT2D eigenvalue weighted by Gasteiger charge is -2.11. The van der Waals surface area contributed by atoms with Crippen LogP contribution in [0.4, 0.5) is 4.39 Å². The molecule has 0 aliphatic rings. The van der Waals surface area contributed by atoms with Gasteiger partial charge in [-0.3, -0.25) is 14.5 Å². The number of carbonyl (C=O) groups is 1. The van der Waals surface area contributed by atoms with Gasteiger partial charge in [0.2, 0.25) is 5.91 Å². The van der Waals surface area contributed by atoms with Gasteiger partial charge in [-0.2, -0.15) is 5.10 Å². The van der Waals surface area contributed by atoms with E-state index < -0.39 is 0 Å². The molecule has 0 atom stereocenters. The van der Waals surface area contributed by atoms with Gasteiger partial charge in [-0.05, 0) is 48.9 Å². The molecule has 1 aromatic carbocycles. The molecule has 3 aromatic rings. The van der Waals surface area contributed by atoms with Crippen molar-refractivity contribution in [3.05, 3.63) is 60.3 Å². The molecule has 0 bridgehead atoms. The number of benzene rings is 1. The second-order valence-corrected chi connectivity index (χ2v) is 6.00. The minimum atomic E-state index is -0.298. The van der Waals surface area contributed by atoms with Gasteiger partial charge in [-0.1, -0.05) is 0 Å². The van der Waals surface area contributed by atoms with E-state index in [1.807, 2.05) is 19.1 Å². The van der Waals surface area contributed by atoms with E-state index in [1.165, 1.54) is 17.0 Å². The lowest BCUT2D eigenvalue weighted by molar-refractivity contribution is -0.129. The Morgan fingerprint density at radius 1 is 1.08 bits per heavy atom. The van der Waals surface area contributed by atoms with E-state index in [4.69, 9.17) is 0 Å². The average molecular weight is 338 g/mol. The van der Waals surface area contributed by atoms with Crippen molar-refractivity contribution in [1.29, 1.82) is 0 Å². The van der Waals surface area contributed by atoms with Crippen LogP contribution in [0.1, 0.15) is 5.69 Å². The zero-order valence-corrected chi connectivity index (χ0v) is 14.4. The first-order chi connectivity index (χ1) is 12.0. The van der Waals surface area contributed by atoms with Crippen molar-refractivity contribution < 1.29 is 9.18 Å². The molecule has 5 nitrogen and oxygen atoms in total. The summed E-state index contributed by atoms with van der Waals surface area (Å²) in [5.41, 5.74) is 4.26. The summed E-state index contributed by atoms with van der Waals surface area (Å²) < 4.78 is 15.0. The minimum Gasteiger partial charge on any atom is -0.347 e. The molecule has 0 saturated heterocycles. The molecule has 0 saturated carbocycles. The summed E-state index contributed by atoms with van der Waals surface area (Å²) in [5, 5.41) is 4.63. The van der Waals surface area contributed by atoms with Gasteiger partial charge in [0.15, 0.2) is 0 Å². The van der Waals surface area contributed by atoms with Crippen molar-refractivity contribution >= 4 is 5.91 Å². The molecule has 0 spiro atoms. The molecular formula is C19H19FN4O. The summed E-state index contributed by atoms with van der Waals surface area (Å²) in [7, 11) is 3.43. The Morgan fingerprint density at radius 2 is 1.72 bits per heavy atom. The third-order valence-corrected chi connectivity index (χ3v) is 4.08. The highest BCUT2D eigenvalue weighted by molar-refractivity contribution is 5.83. The minimum absolute atomic E-state index is 0.0439. The van der Waals surface area contributed by atoms with Gasteiger partial charge in [0.25, 0.3) is 0 Å². The number of rotatable bonds is 4. The normalized spacial score (nSPS) is 10.7. The first-order valence-corrected chi connectivity index (χ1v) is 7.91. The third kappa shape index (κ3) is 3.42. The summed E-state index contributed by atoms with van der Waals surface area (Å²) in [6.45, 7) is 2.08. The van der Waals surface area contributed by atoms with Crippen LogP contribution in [0.3, 0.4) is 0 Å². The SMILES string of the molecule is Cc1c(-c2ccncc2)c(-c2ccc(F)cc2)nn1CC(=O)N(C)C. The van der Waals surface area contributed by atoms with Crippen LogP contribution in [-0.4, -0.2) is 39.7 Å². The van der Waals surface area contributed by atoms with E-state index in [2.05, 4.69) is 10.1 Å². The van der Waals surface area contributed by atoms with E-state index in [-0.39, 0.29) is 18.3 Å². The first kappa shape index (κ1) is 16.8. The molecule has 0 fully saturated rings. The second kappa shape index (κ2) is 6.84. The molecule has 6 heteroatoms. The predicted octanol–water partition coefficient (Wildman–Crippen LogP) is 3.15. The quantitative estimate of drug-likeness (QED) is 0.734. The van der Waals surface area contributed by atoms with E-state index in [9.17, 15) is 9.18 Å². The molecule has 2 heterocycles. The van der Waals surface area contributed by atoms with Crippen LogP contribution in [-0.2, 0) is 11.3 Å². The van der Waals surface area contributed by atoms with Crippen molar-refractivity contribution in [3.8, 4) is 22.4 Å². The van der Waals surface area contributed by atoms with Gasteiger partial charge in [-0.25, -0.2) is 4.39 Å². The molecule has 1 amide bonds. The topological polar surface area (TPSA) is 51.0 Å².